The van der Waals surface area contributed by atoms with Crippen molar-refractivity contribution in [2.24, 2.45) is 23.7 Å². The molecular formula is C21H25NO7. The van der Waals surface area contributed by atoms with Crippen molar-refractivity contribution in [2.45, 2.75) is 33.1 Å². The molecule has 4 atom stereocenters. The minimum absolute atomic E-state index is 0.0224. The number of hydrogen-bond donors (Lipinski definition) is 2. The molecule has 1 aromatic carbocycles. The SMILES string of the molecule is CCOC(=O)c1cc(NC(=O)[C@H]2[C@H]3CC[C@@H](C3)[C@H]2C(=O)O)cc(C(=O)OCC)c1. The van der Waals surface area contributed by atoms with Gasteiger partial charge in [-0.25, -0.2) is 9.59 Å². The van der Waals surface area contributed by atoms with Crippen LogP contribution in [0.5, 0.6) is 0 Å². The molecule has 2 aliphatic carbocycles. The molecule has 29 heavy (non-hydrogen) atoms. The van der Waals surface area contributed by atoms with Crippen LogP contribution in [0.3, 0.4) is 0 Å². The standard InChI is InChI=1S/C21H25NO7/c1-3-28-20(26)13-8-14(21(27)29-4-2)10-15(9-13)22-18(23)16-11-5-6-12(7-11)17(16)19(24)25/h8-12,16-17H,3-7H2,1-2H3,(H,22,23)(H,24,25)/t11-,12-,16-,17+/m0/s1. The summed E-state index contributed by atoms with van der Waals surface area (Å²) in [6.45, 7) is 3.65. The van der Waals surface area contributed by atoms with Crippen molar-refractivity contribution in [3.05, 3.63) is 29.3 Å². The highest BCUT2D eigenvalue weighted by Gasteiger charge is 2.54. The summed E-state index contributed by atoms with van der Waals surface area (Å²) in [4.78, 5) is 48.9. The molecule has 0 unspecified atom stereocenters. The Kier molecular flexibility index (Phi) is 6.20. The first-order chi connectivity index (χ1) is 13.8. The number of rotatable bonds is 7. The quantitative estimate of drug-likeness (QED) is 0.672. The molecule has 156 valence electrons. The van der Waals surface area contributed by atoms with Gasteiger partial charge in [0.1, 0.15) is 0 Å². The second-order valence-electron chi connectivity index (χ2n) is 7.45. The molecule has 0 spiro atoms. The Morgan fingerprint density at radius 1 is 0.931 bits per heavy atom. The molecule has 8 heteroatoms. The average molecular weight is 403 g/mol. The zero-order valence-electron chi connectivity index (χ0n) is 16.5. The Hall–Kier alpha value is -2.90. The number of anilines is 1. The topological polar surface area (TPSA) is 119 Å². The van der Waals surface area contributed by atoms with Crippen LogP contribution in [0.4, 0.5) is 5.69 Å². The zero-order chi connectivity index (χ0) is 21.1. The molecule has 2 saturated carbocycles. The highest BCUT2D eigenvalue weighted by Crippen LogP contribution is 2.52. The molecule has 3 rings (SSSR count). The fraction of sp³-hybridized carbons (Fsp3) is 0.524. The van der Waals surface area contributed by atoms with Crippen molar-refractivity contribution in [3.8, 4) is 0 Å². The summed E-state index contributed by atoms with van der Waals surface area (Å²) in [7, 11) is 0. The molecule has 2 N–H and O–H groups in total. The van der Waals surface area contributed by atoms with E-state index in [1.807, 2.05) is 0 Å². The van der Waals surface area contributed by atoms with E-state index in [4.69, 9.17) is 9.47 Å². The summed E-state index contributed by atoms with van der Waals surface area (Å²) in [6, 6.07) is 4.19. The number of carbonyl (C=O) groups is 4. The number of fused-ring (bicyclic) bond motifs is 2. The normalized spacial score (nSPS) is 24.8. The molecule has 2 bridgehead atoms. The predicted octanol–water partition coefficient (Wildman–Crippen LogP) is 2.73. The molecule has 1 amide bonds. The summed E-state index contributed by atoms with van der Waals surface area (Å²) >= 11 is 0. The number of nitrogens with one attached hydrogen (secondary N) is 1. The van der Waals surface area contributed by atoms with Crippen LogP contribution < -0.4 is 5.32 Å². The number of amides is 1. The Bertz CT molecular complexity index is 798. The van der Waals surface area contributed by atoms with Gasteiger partial charge in [-0.05, 0) is 63.1 Å². The average Bonchev–Trinajstić information content (AvgIpc) is 3.29. The van der Waals surface area contributed by atoms with Gasteiger partial charge in [0.25, 0.3) is 0 Å². The largest absolute Gasteiger partial charge is 0.481 e. The van der Waals surface area contributed by atoms with E-state index in [-0.39, 0.29) is 41.9 Å². The van der Waals surface area contributed by atoms with Gasteiger partial charge in [0.2, 0.25) is 5.91 Å². The fourth-order valence-corrected chi connectivity index (χ4v) is 4.61. The fourth-order valence-electron chi connectivity index (χ4n) is 4.61. The maximum atomic E-state index is 12.9. The number of ether oxygens (including phenoxy) is 2. The monoisotopic (exact) mass is 403 g/mol. The number of carbonyl (C=O) groups excluding carboxylic acids is 3. The van der Waals surface area contributed by atoms with Gasteiger partial charge in [-0.3, -0.25) is 9.59 Å². The first kappa shape index (κ1) is 20.8. The van der Waals surface area contributed by atoms with E-state index in [1.54, 1.807) is 13.8 Å². The van der Waals surface area contributed by atoms with E-state index in [0.29, 0.717) is 0 Å². The lowest BCUT2D eigenvalue weighted by Crippen LogP contribution is -2.37. The number of esters is 2. The number of benzene rings is 1. The van der Waals surface area contributed by atoms with Gasteiger partial charge >= 0.3 is 17.9 Å². The van der Waals surface area contributed by atoms with Crippen LogP contribution in [-0.2, 0) is 19.1 Å². The van der Waals surface area contributed by atoms with Crippen molar-refractivity contribution in [1.29, 1.82) is 0 Å². The highest BCUT2D eigenvalue weighted by molar-refractivity contribution is 6.01. The highest BCUT2D eigenvalue weighted by atomic mass is 16.5. The number of carboxylic acids is 1. The van der Waals surface area contributed by atoms with Crippen molar-refractivity contribution in [3.63, 3.8) is 0 Å². The smallest absolute Gasteiger partial charge is 0.338 e. The maximum Gasteiger partial charge on any atom is 0.338 e. The number of carboxylic acid groups (broad SMARTS) is 1. The van der Waals surface area contributed by atoms with E-state index in [0.717, 1.165) is 19.3 Å². The second kappa shape index (κ2) is 8.63. The summed E-state index contributed by atoms with van der Waals surface area (Å²) in [6.07, 6.45) is 2.41. The Balaban J connectivity index is 1.87. The molecular weight excluding hydrogens is 378 g/mol. The lowest BCUT2D eigenvalue weighted by Gasteiger charge is -2.27. The van der Waals surface area contributed by atoms with E-state index in [1.165, 1.54) is 18.2 Å². The Morgan fingerprint density at radius 3 is 1.93 bits per heavy atom. The van der Waals surface area contributed by atoms with Crippen LogP contribution in [0.15, 0.2) is 18.2 Å². The first-order valence-corrected chi connectivity index (χ1v) is 9.88. The summed E-state index contributed by atoms with van der Waals surface area (Å²) < 4.78 is 9.98. The zero-order valence-corrected chi connectivity index (χ0v) is 16.5. The molecule has 0 aliphatic heterocycles. The lowest BCUT2D eigenvalue weighted by molar-refractivity contribution is -0.148. The molecule has 2 fully saturated rings. The Morgan fingerprint density at radius 2 is 1.45 bits per heavy atom. The van der Waals surface area contributed by atoms with E-state index in [2.05, 4.69) is 5.32 Å². The minimum Gasteiger partial charge on any atom is -0.481 e. The molecule has 0 aromatic heterocycles. The molecule has 0 radical (unpaired) electrons. The minimum atomic E-state index is -0.954. The first-order valence-electron chi connectivity index (χ1n) is 9.88. The van der Waals surface area contributed by atoms with Crippen molar-refractivity contribution < 1.29 is 33.8 Å². The number of hydrogen-bond acceptors (Lipinski definition) is 6. The summed E-state index contributed by atoms with van der Waals surface area (Å²) in [5, 5.41) is 12.3. The number of aliphatic carboxylic acids is 1. The van der Waals surface area contributed by atoms with Gasteiger partial charge in [-0.1, -0.05) is 0 Å². The molecule has 0 heterocycles. The van der Waals surface area contributed by atoms with Gasteiger partial charge in [0, 0.05) is 5.69 Å². The molecule has 8 nitrogen and oxygen atoms in total. The molecule has 0 saturated heterocycles. The third kappa shape index (κ3) is 4.26. The maximum absolute atomic E-state index is 12.9. The Labute approximate surface area is 168 Å². The second-order valence-corrected chi connectivity index (χ2v) is 7.45. The van der Waals surface area contributed by atoms with Crippen molar-refractivity contribution in [2.75, 3.05) is 18.5 Å². The van der Waals surface area contributed by atoms with Gasteiger partial charge in [0.05, 0.1) is 36.2 Å². The third-order valence-electron chi connectivity index (χ3n) is 5.73. The van der Waals surface area contributed by atoms with Gasteiger partial charge in [-0.15, -0.1) is 0 Å². The van der Waals surface area contributed by atoms with Crippen molar-refractivity contribution in [1.82, 2.24) is 0 Å². The predicted molar refractivity (Wildman–Crippen MR) is 102 cm³/mol. The van der Waals surface area contributed by atoms with Gasteiger partial charge in [-0.2, -0.15) is 0 Å². The van der Waals surface area contributed by atoms with Crippen LogP contribution in [0.1, 0.15) is 53.8 Å². The van der Waals surface area contributed by atoms with Crippen LogP contribution in [-0.4, -0.2) is 42.1 Å². The lowest BCUT2D eigenvalue weighted by atomic mass is 9.78. The van der Waals surface area contributed by atoms with Crippen LogP contribution in [0, 0.1) is 23.7 Å². The van der Waals surface area contributed by atoms with E-state index < -0.39 is 35.7 Å². The van der Waals surface area contributed by atoms with Gasteiger partial charge < -0.3 is 19.9 Å². The van der Waals surface area contributed by atoms with Crippen molar-refractivity contribution >= 4 is 29.5 Å². The summed E-state index contributed by atoms with van der Waals surface area (Å²) in [5.74, 6) is -3.87. The molecule has 1 aromatic rings. The molecule has 2 aliphatic rings. The van der Waals surface area contributed by atoms with Gasteiger partial charge in [0.15, 0.2) is 0 Å². The third-order valence-corrected chi connectivity index (χ3v) is 5.73. The van der Waals surface area contributed by atoms with E-state index >= 15 is 0 Å². The van der Waals surface area contributed by atoms with E-state index in [9.17, 15) is 24.3 Å². The van der Waals surface area contributed by atoms with Crippen LogP contribution in [0.2, 0.25) is 0 Å². The van der Waals surface area contributed by atoms with Crippen LogP contribution in [0.25, 0.3) is 0 Å². The van der Waals surface area contributed by atoms with Crippen LogP contribution >= 0.6 is 0 Å². The summed E-state index contributed by atoms with van der Waals surface area (Å²) in [5.41, 5.74) is 0.446.